The fourth-order valence-corrected chi connectivity index (χ4v) is 2.24. The van der Waals surface area contributed by atoms with Gasteiger partial charge in [-0.2, -0.15) is 25.3 Å². The Morgan fingerprint density at radius 2 is 2.10 bits per heavy atom. The first kappa shape index (κ1) is 15.2. The highest BCUT2D eigenvalue weighted by atomic mass is 32.1. The van der Waals surface area contributed by atoms with Crippen molar-refractivity contribution in [3.63, 3.8) is 0 Å². The summed E-state index contributed by atoms with van der Waals surface area (Å²) in [4.78, 5) is 31.3. The molecule has 0 aromatic carbocycles. The van der Waals surface area contributed by atoms with Gasteiger partial charge in [0, 0.05) is 23.2 Å². The van der Waals surface area contributed by atoms with Gasteiger partial charge in [0.25, 0.3) is 5.56 Å². The number of aromatic nitrogens is 3. The summed E-state index contributed by atoms with van der Waals surface area (Å²) >= 11 is 8.45. The maximum atomic E-state index is 12.4. The van der Waals surface area contributed by atoms with Crippen LogP contribution in [-0.2, 0) is 6.54 Å². The summed E-state index contributed by atoms with van der Waals surface area (Å²) in [7, 11) is 0. The molecule has 0 aliphatic heterocycles. The molecule has 2 heterocycles. The number of aryl methyl sites for hydroxylation is 2. The second-order valence-corrected chi connectivity index (χ2v) is 5.89. The number of rotatable bonds is 4. The maximum Gasteiger partial charge on any atom is 0.329 e. The Morgan fingerprint density at radius 1 is 1.40 bits per heavy atom. The Morgan fingerprint density at radius 3 is 2.75 bits per heavy atom. The molecule has 2 aromatic heterocycles. The number of thiol groups is 2. The van der Waals surface area contributed by atoms with E-state index >= 15 is 0 Å². The minimum Gasteiger partial charge on any atom is -0.291 e. The van der Waals surface area contributed by atoms with E-state index in [-0.39, 0.29) is 10.8 Å². The molecular weight excluding hydrogens is 294 g/mol. The highest BCUT2D eigenvalue weighted by Gasteiger charge is 2.11. The van der Waals surface area contributed by atoms with Crippen molar-refractivity contribution in [3.8, 4) is 0 Å². The van der Waals surface area contributed by atoms with Crippen LogP contribution < -0.4 is 11.2 Å². The van der Waals surface area contributed by atoms with Crippen molar-refractivity contribution in [1.82, 2.24) is 14.5 Å². The summed E-state index contributed by atoms with van der Waals surface area (Å²) in [5, 5.41) is 0.493. The molecule has 108 valence electrons. The van der Waals surface area contributed by atoms with Gasteiger partial charge in [-0.15, -0.1) is 0 Å². The molecule has 0 spiro atoms. The SMILES string of the molecule is Cc1cc2c(=O)n(CC[C@@H](S)CS)c(=O)[nH]c2nc1C. The third-order valence-electron chi connectivity index (χ3n) is 3.31. The van der Waals surface area contributed by atoms with Crippen LogP contribution in [-0.4, -0.2) is 25.5 Å². The monoisotopic (exact) mass is 311 g/mol. The number of H-pyrrole nitrogens is 1. The zero-order valence-corrected chi connectivity index (χ0v) is 13.2. The molecule has 0 amide bonds. The van der Waals surface area contributed by atoms with Crippen LogP contribution >= 0.6 is 25.3 Å². The van der Waals surface area contributed by atoms with Crippen molar-refractivity contribution in [3.05, 3.63) is 38.2 Å². The van der Waals surface area contributed by atoms with Crippen molar-refractivity contribution in [2.45, 2.75) is 32.1 Å². The molecule has 0 fully saturated rings. The van der Waals surface area contributed by atoms with Crippen LogP contribution in [0.3, 0.4) is 0 Å². The predicted octanol–water partition coefficient (Wildman–Crippen LogP) is 1.32. The molecule has 0 bridgehead atoms. The van der Waals surface area contributed by atoms with Crippen molar-refractivity contribution < 1.29 is 0 Å². The molecule has 1 atom stereocenters. The van der Waals surface area contributed by atoms with Gasteiger partial charge < -0.3 is 0 Å². The lowest BCUT2D eigenvalue weighted by molar-refractivity contribution is 0.598. The average molecular weight is 311 g/mol. The van der Waals surface area contributed by atoms with Crippen LogP contribution in [0, 0.1) is 13.8 Å². The number of hydrogen-bond acceptors (Lipinski definition) is 5. The molecule has 1 N–H and O–H groups in total. The minimum atomic E-state index is -0.432. The third kappa shape index (κ3) is 2.93. The summed E-state index contributed by atoms with van der Waals surface area (Å²) in [6.07, 6.45) is 0.610. The topological polar surface area (TPSA) is 67.8 Å². The van der Waals surface area contributed by atoms with E-state index < -0.39 is 5.69 Å². The van der Waals surface area contributed by atoms with Gasteiger partial charge in [0.05, 0.1) is 5.39 Å². The Balaban J connectivity index is 2.54. The van der Waals surface area contributed by atoms with E-state index in [1.165, 1.54) is 4.57 Å². The molecule has 2 rings (SSSR count). The Bertz CT molecular complexity index is 752. The zero-order valence-electron chi connectivity index (χ0n) is 11.4. The first-order valence-electron chi connectivity index (χ1n) is 6.34. The minimum absolute atomic E-state index is 0.0539. The second kappa shape index (κ2) is 6.05. The van der Waals surface area contributed by atoms with Crippen molar-refractivity contribution in [1.29, 1.82) is 0 Å². The molecule has 5 nitrogen and oxygen atoms in total. The van der Waals surface area contributed by atoms with Crippen LogP contribution in [0.4, 0.5) is 0 Å². The van der Waals surface area contributed by atoms with E-state index in [0.717, 1.165) is 11.3 Å². The summed E-state index contributed by atoms with van der Waals surface area (Å²) in [5.41, 5.74) is 1.33. The number of nitrogens with zero attached hydrogens (tertiary/aromatic N) is 2. The smallest absolute Gasteiger partial charge is 0.291 e. The summed E-state index contributed by atoms with van der Waals surface area (Å²) in [5.74, 6) is 0.600. The number of pyridine rings is 1. The first-order valence-corrected chi connectivity index (χ1v) is 7.49. The van der Waals surface area contributed by atoms with E-state index in [1.807, 2.05) is 13.8 Å². The highest BCUT2D eigenvalue weighted by molar-refractivity contribution is 7.84. The summed E-state index contributed by atoms with van der Waals surface area (Å²) in [6.45, 7) is 4.06. The Kier molecular flexibility index (Phi) is 4.59. The average Bonchev–Trinajstić information content (AvgIpc) is 2.41. The van der Waals surface area contributed by atoms with Crippen molar-refractivity contribution in [2.75, 3.05) is 5.75 Å². The molecule has 0 saturated carbocycles. The Labute approximate surface area is 127 Å². The molecule has 7 heteroatoms. The van der Waals surface area contributed by atoms with E-state index in [2.05, 4.69) is 35.2 Å². The zero-order chi connectivity index (χ0) is 14.9. The van der Waals surface area contributed by atoms with Gasteiger partial charge in [0.15, 0.2) is 0 Å². The van der Waals surface area contributed by atoms with E-state index in [1.54, 1.807) is 6.07 Å². The summed E-state index contributed by atoms with van der Waals surface area (Å²) < 4.78 is 1.20. The van der Waals surface area contributed by atoms with Crippen LogP contribution in [0.5, 0.6) is 0 Å². The third-order valence-corrected chi connectivity index (χ3v) is 4.48. The fourth-order valence-electron chi connectivity index (χ4n) is 1.94. The maximum absolute atomic E-state index is 12.4. The lowest BCUT2D eigenvalue weighted by atomic mass is 10.2. The van der Waals surface area contributed by atoms with Gasteiger partial charge in [-0.05, 0) is 31.9 Å². The molecule has 0 unspecified atom stereocenters. The number of aromatic amines is 1. The van der Waals surface area contributed by atoms with Crippen LogP contribution in [0.25, 0.3) is 11.0 Å². The van der Waals surface area contributed by atoms with Crippen LogP contribution in [0.15, 0.2) is 15.7 Å². The number of nitrogens with one attached hydrogen (secondary N) is 1. The molecule has 0 saturated heterocycles. The van der Waals surface area contributed by atoms with Crippen molar-refractivity contribution >= 4 is 36.3 Å². The van der Waals surface area contributed by atoms with E-state index in [9.17, 15) is 9.59 Å². The lowest BCUT2D eigenvalue weighted by Gasteiger charge is -2.10. The molecular formula is C13H17N3O2S2. The van der Waals surface area contributed by atoms with Crippen molar-refractivity contribution in [2.24, 2.45) is 0 Å². The predicted molar refractivity (Wildman–Crippen MR) is 87.3 cm³/mol. The molecule has 2 aromatic rings. The van der Waals surface area contributed by atoms with Crippen LogP contribution in [0.1, 0.15) is 17.7 Å². The molecule has 0 radical (unpaired) electrons. The van der Waals surface area contributed by atoms with Gasteiger partial charge in [-0.25, -0.2) is 9.78 Å². The molecule has 0 aliphatic carbocycles. The quantitative estimate of drug-likeness (QED) is 0.746. The van der Waals surface area contributed by atoms with E-state index in [4.69, 9.17) is 0 Å². The summed E-state index contributed by atoms with van der Waals surface area (Å²) in [6, 6.07) is 1.77. The fraction of sp³-hybridized carbons (Fsp3) is 0.462. The first-order chi connectivity index (χ1) is 9.43. The standard InChI is InChI=1S/C13H17N3O2S2/c1-7-5-10-11(14-8(7)2)15-13(18)16(12(10)17)4-3-9(20)6-19/h5,9,19-20H,3-4,6H2,1-2H3,(H,14,15,18)/t9-/m1/s1. The van der Waals surface area contributed by atoms with Crippen LogP contribution in [0.2, 0.25) is 0 Å². The molecule has 0 aliphatic rings. The second-order valence-electron chi connectivity index (χ2n) is 4.80. The van der Waals surface area contributed by atoms with Gasteiger partial charge in [0.2, 0.25) is 0 Å². The normalized spacial score (nSPS) is 12.8. The van der Waals surface area contributed by atoms with Gasteiger partial charge >= 0.3 is 5.69 Å². The van der Waals surface area contributed by atoms with Gasteiger partial charge in [-0.1, -0.05) is 0 Å². The number of hydrogen-bond donors (Lipinski definition) is 3. The Hall–Kier alpha value is -1.21. The molecule has 20 heavy (non-hydrogen) atoms. The van der Waals surface area contributed by atoms with E-state index in [0.29, 0.717) is 29.8 Å². The van der Waals surface area contributed by atoms with Gasteiger partial charge in [0.1, 0.15) is 5.65 Å². The number of fused-ring (bicyclic) bond motifs is 1. The lowest BCUT2D eigenvalue weighted by Crippen LogP contribution is -2.36. The largest absolute Gasteiger partial charge is 0.329 e. The van der Waals surface area contributed by atoms with Gasteiger partial charge in [-0.3, -0.25) is 14.3 Å². The highest BCUT2D eigenvalue weighted by Crippen LogP contribution is 2.10.